The maximum atomic E-state index is 8.92. The fraction of sp³-hybridized carbons (Fsp3) is 0.417. The van der Waals surface area contributed by atoms with Crippen molar-refractivity contribution in [2.24, 2.45) is 0 Å². The lowest BCUT2D eigenvalue weighted by Gasteiger charge is -2.06. The molecule has 0 aliphatic rings. The number of aromatic nitrogens is 2. The number of fused-ring (bicyclic) bond motifs is 1. The predicted molar refractivity (Wildman–Crippen MR) is 69.2 cm³/mol. The Morgan fingerprint density at radius 2 is 2.00 bits per heavy atom. The van der Waals surface area contributed by atoms with Crippen molar-refractivity contribution in [3.63, 3.8) is 0 Å². The number of rotatable bonds is 6. The summed E-state index contributed by atoms with van der Waals surface area (Å²) in [5.41, 5.74) is 2.05. The van der Waals surface area contributed by atoms with Gasteiger partial charge in [0.05, 0.1) is 17.6 Å². The van der Waals surface area contributed by atoms with E-state index in [9.17, 15) is 0 Å². The number of imidazole rings is 1. The molecular formula is C12H16N2O2S. The number of hydrogen-bond donors (Lipinski definition) is 2. The molecule has 0 fully saturated rings. The summed E-state index contributed by atoms with van der Waals surface area (Å²) in [5.74, 6) is 0.641. The second kappa shape index (κ2) is 6.05. The number of hydrogen-bond acceptors (Lipinski definition) is 4. The third-order valence-corrected chi connectivity index (χ3v) is 3.44. The van der Waals surface area contributed by atoms with Gasteiger partial charge in [-0.2, -0.15) is 0 Å². The van der Waals surface area contributed by atoms with Gasteiger partial charge in [0.2, 0.25) is 0 Å². The van der Waals surface area contributed by atoms with Gasteiger partial charge in [0, 0.05) is 18.9 Å². The summed E-state index contributed by atoms with van der Waals surface area (Å²) in [6.45, 7) is 1.08. The molecule has 5 heteroatoms. The van der Waals surface area contributed by atoms with Crippen LogP contribution in [-0.2, 0) is 6.54 Å². The van der Waals surface area contributed by atoms with Crippen LogP contribution in [0.4, 0.5) is 0 Å². The van der Waals surface area contributed by atoms with E-state index in [2.05, 4.69) is 9.55 Å². The zero-order valence-corrected chi connectivity index (χ0v) is 10.4. The minimum Gasteiger partial charge on any atom is -0.396 e. The van der Waals surface area contributed by atoms with Gasteiger partial charge in [-0.05, 0) is 18.6 Å². The molecule has 0 unspecified atom stereocenters. The van der Waals surface area contributed by atoms with E-state index in [1.54, 1.807) is 11.8 Å². The molecule has 0 bridgehead atoms. The molecule has 0 spiro atoms. The molecule has 92 valence electrons. The molecule has 0 radical (unpaired) electrons. The van der Waals surface area contributed by atoms with Crippen LogP contribution in [0.15, 0.2) is 29.4 Å². The van der Waals surface area contributed by atoms with Gasteiger partial charge in [-0.1, -0.05) is 23.9 Å². The lowest BCUT2D eigenvalue weighted by molar-refractivity contribution is 0.278. The molecule has 0 aliphatic carbocycles. The number of benzene rings is 1. The van der Waals surface area contributed by atoms with Crippen LogP contribution < -0.4 is 0 Å². The lowest BCUT2D eigenvalue weighted by atomic mass is 10.3. The number of aryl methyl sites for hydroxylation is 1. The van der Waals surface area contributed by atoms with Crippen LogP contribution in [-0.4, -0.2) is 38.7 Å². The highest BCUT2D eigenvalue weighted by molar-refractivity contribution is 7.99. The Morgan fingerprint density at radius 3 is 2.76 bits per heavy atom. The first-order valence-electron chi connectivity index (χ1n) is 5.66. The molecule has 17 heavy (non-hydrogen) atoms. The molecule has 0 saturated carbocycles. The van der Waals surface area contributed by atoms with Crippen molar-refractivity contribution in [2.45, 2.75) is 18.1 Å². The van der Waals surface area contributed by atoms with Gasteiger partial charge in [-0.15, -0.1) is 0 Å². The molecule has 1 aromatic heterocycles. The van der Waals surface area contributed by atoms with E-state index in [0.29, 0.717) is 12.2 Å². The van der Waals surface area contributed by atoms with E-state index in [1.165, 1.54) is 0 Å². The standard InChI is InChI=1S/C12H16N2O2S/c15-7-3-6-14-11-5-2-1-4-10(11)13-12(14)17-9-8-16/h1-2,4-5,15-16H,3,6-9H2. The van der Waals surface area contributed by atoms with Crippen LogP contribution >= 0.6 is 11.8 Å². The second-order valence-electron chi connectivity index (χ2n) is 3.68. The van der Waals surface area contributed by atoms with Crippen molar-refractivity contribution in [2.75, 3.05) is 19.0 Å². The summed E-state index contributed by atoms with van der Waals surface area (Å²) < 4.78 is 2.10. The maximum absolute atomic E-state index is 8.92. The van der Waals surface area contributed by atoms with E-state index in [4.69, 9.17) is 10.2 Å². The first-order valence-corrected chi connectivity index (χ1v) is 6.65. The van der Waals surface area contributed by atoms with Crippen molar-refractivity contribution in [1.29, 1.82) is 0 Å². The van der Waals surface area contributed by atoms with Crippen LogP contribution in [0.1, 0.15) is 6.42 Å². The average Bonchev–Trinajstić information content (AvgIpc) is 2.71. The first-order chi connectivity index (χ1) is 8.36. The highest BCUT2D eigenvalue weighted by Gasteiger charge is 2.09. The molecule has 1 heterocycles. The van der Waals surface area contributed by atoms with E-state index in [1.807, 2.05) is 24.3 Å². The van der Waals surface area contributed by atoms with Crippen molar-refractivity contribution < 1.29 is 10.2 Å². The van der Waals surface area contributed by atoms with Gasteiger partial charge < -0.3 is 14.8 Å². The minimum atomic E-state index is 0.147. The fourth-order valence-electron chi connectivity index (χ4n) is 1.75. The number of nitrogens with zero attached hydrogens (tertiary/aromatic N) is 2. The van der Waals surface area contributed by atoms with Crippen LogP contribution in [0.3, 0.4) is 0 Å². The third-order valence-electron chi connectivity index (χ3n) is 2.48. The molecule has 0 atom stereocenters. The Morgan fingerprint density at radius 1 is 1.18 bits per heavy atom. The number of aliphatic hydroxyl groups excluding tert-OH is 2. The van der Waals surface area contributed by atoms with Crippen LogP contribution in [0.25, 0.3) is 11.0 Å². The highest BCUT2D eigenvalue weighted by Crippen LogP contribution is 2.23. The lowest BCUT2D eigenvalue weighted by Crippen LogP contribution is -2.02. The SMILES string of the molecule is OCCCn1c(SCCO)nc2ccccc21. The Labute approximate surface area is 104 Å². The molecular weight excluding hydrogens is 236 g/mol. The van der Waals surface area contributed by atoms with Gasteiger partial charge in [0.15, 0.2) is 5.16 Å². The van der Waals surface area contributed by atoms with E-state index >= 15 is 0 Å². The zero-order valence-electron chi connectivity index (χ0n) is 9.54. The summed E-state index contributed by atoms with van der Waals surface area (Å²) in [4.78, 5) is 4.54. The predicted octanol–water partition coefficient (Wildman–Crippen LogP) is 1.50. The van der Waals surface area contributed by atoms with Crippen LogP contribution in [0.5, 0.6) is 0 Å². The maximum Gasteiger partial charge on any atom is 0.169 e. The van der Waals surface area contributed by atoms with Gasteiger partial charge in [0.25, 0.3) is 0 Å². The molecule has 4 nitrogen and oxygen atoms in total. The fourth-order valence-corrected chi connectivity index (χ4v) is 2.53. The molecule has 1 aromatic carbocycles. The van der Waals surface area contributed by atoms with Crippen LogP contribution in [0.2, 0.25) is 0 Å². The number of para-hydroxylation sites is 2. The van der Waals surface area contributed by atoms with Crippen molar-refractivity contribution in [3.8, 4) is 0 Å². The van der Waals surface area contributed by atoms with Crippen LogP contribution in [0, 0.1) is 0 Å². The minimum absolute atomic E-state index is 0.147. The summed E-state index contributed by atoms with van der Waals surface area (Å²) in [6, 6.07) is 7.96. The smallest absolute Gasteiger partial charge is 0.169 e. The summed E-state index contributed by atoms with van der Waals surface area (Å²) in [6.07, 6.45) is 0.715. The van der Waals surface area contributed by atoms with Gasteiger partial charge in [-0.25, -0.2) is 4.98 Å². The molecule has 0 aliphatic heterocycles. The average molecular weight is 252 g/mol. The van der Waals surface area contributed by atoms with E-state index < -0.39 is 0 Å². The summed E-state index contributed by atoms with van der Waals surface area (Å²) in [7, 11) is 0. The van der Waals surface area contributed by atoms with E-state index in [0.717, 1.165) is 22.7 Å². The number of thioether (sulfide) groups is 1. The van der Waals surface area contributed by atoms with Gasteiger partial charge in [-0.3, -0.25) is 0 Å². The zero-order chi connectivity index (χ0) is 12.1. The van der Waals surface area contributed by atoms with E-state index in [-0.39, 0.29) is 13.2 Å². The Kier molecular flexibility index (Phi) is 4.42. The highest BCUT2D eigenvalue weighted by atomic mass is 32.2. The summed E-state index contributed by atoms with van der Waals surface area (Å²) >= 11 is 1.54. The molecule has 0 saturated heterocycles. The first kappa shape index (κ1) is 12.4. The van der Waals surface area contributed by atoms with Gasteiger partial charge in [0.1, 0.15) is 0 Å². The topological polar surface area (TPSA) is 58.3 Å². The molecule has 2 N–H and O–H groups in total. The Balaban J connectivity index is 2.34. The molecule has 2 aromatic rings. The Hall–Kier alpha value is -1.04. The quantitative estimate of drug-likeness (QED) is 0.765. The second-order valence-corrected chi connectivity index (χ2v) is 4.75. The van der Waals surface area contributed by atoms with Gasteiger partial charge >= 0.3 is 0 Å². The molecule has 2 rings (SSSR count). The summed E-state index contributed by atoms with van der Waals surface area (Å²) in [5, 5.41) is 18.7. The molecule has 0 amide bonds. The largest absolute Gasteiger partial charge is 0.396 e. The van der Waals surface area contributed by atoms with Crippen molar-refractivity contribution in [3.05, 3.63) is 24.3 Å². The Bertz CT molecular complexity index is 484. The monoisotopic (exact) mass is 252 g/mol. The van der Waals surface area contributed by atoms with Crippen molar-refractivity contribution in [1.82, 2.24) is 9.55 Å². The normalized spacial score (nSPS) is 11.2. The number of aliphatic hydroxyl groups is 2. The van der Waals surface area contributed by atoms with Crippen molar-refractivity contribution >= 4 is 22.8 Å². The third kappa shape index (κ3) is 2.80.